The van der Waals surface area contributed by atoms with E-state index in [2.05, 4.69) is 0 Å². The van der Waals surface area contributed by atoms with Crippen LogP contribution in [0.2, 0.25) is 0 Å². The van der Waals surface area contributed by atoms with Crippen LogP contribution >= 0.6 is 0 Å². The molecule has 5 heteroatoms. The van der Waals surface area contributed by atoms with Crippen molar-refractivity contribution in [3.63, 3.8) is 0 Å². The Hall–Kier alpha value is -1.49. The van der Waals surface area contributed by atoms with Crippen molar-refractivity contribution in [2.75, 3.05) is 37.5 Å². The van der Waals surface area contributed by atoms with Crippen LogP contribution in [-0.2, 0) is 4.74 Å². The van der Waals surface area contributed by atoms with Gasteiger partial charge in [-0.2, -0.15) is 0 Å². The van der Waals surface area contributed by atoms with Gasteiger partial charge in [0.2, 0.25) is 0 Å². The number of nitrogens with two attached hydrogens (primary N) is 1. The summed E-state index contributed by atoms with van der Waals surface area (Å²) in [5.41, 5.74) is 7.13. The van der Waals surface area contributed by atoms with E-state index in [1.165, 1.54) is 6.07 Å². The summed E-state index contributed by atoms with van der Waals surface area (Å²) in [6.07, 6.45) is 1.80. The third kappa shape index (κ3) is 3.10. The van der Waals surface area contributed by atoms with Crippen molar-refractivity contribution >= 4 is 11.4 Å². The third-order valence-corrected chi connectivity index (χ3v) is 3.38. The van der Waals surface area contributed by atoms with Crippen molar-refractivity contribution in [3.05, 3.63) is 17.9 Å². The summed E-state index contributed by atoms with van der Waals surface area (Å²) in [6.45, 7) is 3.92. The molecule has 1 aliphatic heterocycles. The highest BCUT2D eigenvalue weighted by Gasteiger charge is 2.23. The molecule has 0 radical (unpaired) electrons. The van der Waals surface area contributed by atoms with Crippen molar-refractivity contribution in [2.45, 2.75) is 25.8 Å². The maximum absolute atomic E-state index is 13.7. The van der Waals surface area contributed by atoms with Gasteiger partial charge in [0, 0.05) is 25.8 Å². The molecule has 4 nitrogen and oxygen atoms in total. The molecule has 1 unspecified atom stereocenters. The van der Waals surface area contributed by atoms with E-state index < -0.39 is 5.82 Å². The number of rotatable bonds is 5. The number of halogens is 1. The lowest BCUT2D eigenvalue weighted by molar-refractivity contribution is 0.193. The second-order valence-electron chi connectivity index (χ2n) is 4.82. The lowest BCUT2D eigenvalue weighted by Crippen LogP contribution is -2.32. The lowest BCUT2D eigenvalue weighted by atomic mass is 10.1. The molecule has 0 aliphatic carbocycles. The van der Waals surface area contributed by atoms with Crippen LogP contribution in [0.3, 0.4) is 0 Å². The fourth-order valence-corrected chi connectivity index (χ4v) is 2.21. The first-order chi connectivity index (χ1) is 9.13. The Morgan fingerprint density at radius 1 is 1.53 bits per heavy atom. The van der Waals surface area contributed by atoms with Crippen LogP contribution in [0, 0.1) is 5.82 Å². The van der Waals surface area contributed by atoms with Crippen LogP contribution in [0.25, 0.3) is 0 Å². The monoisotopic (exact) mass is 268 g/mol. The first-order valence-corrected chi connectivity index (χ1v) is 6.66. The van der Waals surface area contributed by atoms with Crippen LogP contribution < -0.4 is 15.4 Å². The van der Waals surface area contributed by atoms with Gasteiger partial charge in [0.1, 0.15) is 0 Å². The van der Waals surface area contributed by atoms with Crippen molar-refractivity contribution in [1.82, 2.24) is 0 Å². The van der Waals surface area contributed by atoms with E-state index >= 15 is 0 Å². The molecule has 1 aromatic rings. The van der Waals surface area contributed by atoms with E-state index in [0.717, 1.165) is 25.1 Å². The summed E-state index contributed by atoms with van der Waals surface area (Å²) in [4.78, 5) is 2.04. The first-order valence-electron chi connectivity index (χ1n) is 6.66. The summed E-state index contributed by atoms with van der Waals surface area (Å²) in [6, 6.07) is 3.29. The van der Waals surface area contributed by atoms with Gasteiger partial charge >= 0.3 is 0 Å². The van der Waals surface area contributed by atoms with Gasteiger partial charge in [0.05, 0.1) is 30.6 Å². The molecule has 106 valence electrons. The van der Waals surface area contributed by atoms with E-state index in [-0.39, 0.29) is 11.8 Å². The number of nitrogens with zero attached hydrogens (tertiary/aromatic N) is 1. The molecule has 0 amide bonds. The number of nitrogen functional groups attached to an aromatic ring is 1. The highest BCUT2D eigenvalue weighted by molar-refractivity contribution is 5.70. The zero-order valence-electron chi connectivity index (χ0n) is 11.5. The minimum Gasteiger partial charge on any atom is -0.490 e. The van der Waals surface area contributed by atoms with Crippen LogP contribution in [0.4, 0.5) is 15.8 Å². The highest BCUT2D eigenvalue weighted by atomic mass is 19.1. The number of likely N-dealkylation sites (N-methyl/N-ethyl adjacent to an activating group) is 1. The smallest absolute Gasteiger partial charge is 0.167 e. The minimum atomic E-state index is -0.411. The van der Waals surface area contributed by atoms with Crippen molar-refractivity contribution in [1.29, 1.82) is 0 Å². The second kappa shape index (κ2) is 6.10. The van der Waals surface area contributed by atoms with Crippen LogP contribution in [0.1, 0.15) is 19.8 Å². The SMILES string of the molecule is CCCOc1cc(N(C)C2CCOC2)c(N)cc1F. The van der Waals surface area contributed by atoms with Crippen LogP contribution in [0.15, 0.2) is 12.1 Å². The predicted octanol–water partition coefficient (Wildman–Crippen LogP) is 2.42. The van der Waals surface area contributed by atoms with Crippen LogP contribution in [-0.4, -0.2) is 32.9 Å². The van der Waals surface area contributed by atoms with Gasteiger partial charge in [-0.15, -0.1) is 0 Å². The zero-order valence-corrected chi connectivity index (χ0v) is 11.5. The summed E-state index contributed by atoms with van der Waals surface area (Å²) >= 11 is 0. The first kappa shape index (κ1) is 13.9. The number of benzene rings is 1. The Morgan fingerprint density at radius 3 is 2.95 bits per heavy atom. The number of hydrogen-bond donors (Lipinski definition) is 1. The molecule has 1 atom stereocenters. The summed E-state index contributed by atoms with van der Waals surface area (Å²) in [5, 5.41) is 0. The normalized spacial score (nSPS) is 18.6. The predicted molar refractivity (Wildman–Crippen MR) is 74.2 cm³/mol. The molecule has 0 saturated carbocycles. The Bertz CT molecular complexity index is 434. The van der Waals surface area contributed by atoms with Crippen LogP contribution in [0.5, 0.6) is 5.75 Å². The summed E-state index contributed by atoms with van der Waals surface area (Å²) in [5.74, 6) is -0.150. The quantitative estimate of drug-likeness (QED) is 0.833. The molecule has 0 aromatic heterocycles. The molecular weight excluding hydrogens is 247 g/mol. The molecule has 19 heavy (non-hydrogen) atoms. The summed E-state index contributed by atoms with van der Waals surface area (Å²) < 4.78 is 24.5. The molecule has 0 bridgehead atoms. The van der Waals surface area contributed by atoms with Crippen molar-refractivity contribution in [3.8, 4) is 5.75 Å². The fourth-order valence-electron chi connectivity index (χ4n) is 2.21. The molecular formula is C14H21FN2O2. The highest BCUT2D eigenvalue weighted by Crippen LogP contribution is 2.32. The Kier molecular flexibility index (Phi) is 4.47. The van der Waals surface area contributed by atoms with Crippen molar-refractivity contribution in [2.24, 2.45) is 0 Å². The number of ether oxygens (including phenoxy) is 2. The lowest BCUT2D eigenvalue weighted by Gasteiger charge is -2.27. The fraction of sp³-hybridized carbons (Fsp3) is 0.571. The van der Waals surface area contributed by atoms with Gasteiger partial charge in [-0.1, -0.05) is 6.92 Å². The van der Waals surface area contributed by atoms with Gasteiger partial charge in [-0.3, -0.25) is 0 Å². The van der Waals surface area contributed by atoms with E-state index in [0.29, 0.717) is 18.9 Å². The molecule has 1 saturated heterocycles. The number of hydrogen-bond acceptors (Lipinski definition) is 4. The molecule has 1 aliphatic rings. The van der Waals surface area contributed by atoms with Gasteiger partial charge in [-0.05, 0) is 12.8 Å². The van der Waals surface area contributed by atoms with Gasteiger partial charge in [0.15, 0.2) is 11.6 Å². The van der Waals surface area contributed by atoms with E-state index in [1.807, 2.05) is 18.9 Å². The van der Waals surface area contributed by atoms with Crippen molar-refractivity contribution < 1.29 is 13.9 Å². The maximum atomic E-state index is 13.7. The largest absolute Gasteiger partial charge is 0.490 e. The van der Waals surface area contributed by atoms with Gasteiger partial charge in [-0.25, -0.2) is 4.39 Å². The average Bonchev–Trinajstić information content (AvgIpc) is 2.91. The number of anilines is 2. The molecule has 2 N–H and O–H groups in total. The minimum absolute atomic E-state index is 0.261. The van der Waals surface area contributed by atoms with Gasteiger partial charge in [0.25, 0.3) is 0 Å². The molecule has 2 rings (SSSR count). The molecule has 1 fully saturated rings. The maximum Gasteiger partial charge on any atom is 0.167 e. The topological polar surface area (TPSA) is 47.7 Å². The third-order valence-electron chi connectivity index (χ3n) is 3.38. The standard InChI is InChI=1S/C14H21FN2O2/c1-3-5-19-14-8-13(12(16)7-11(14)15)17(2)10-4-6-18-9-10/h7-8,10H,3-6,9,16H2,1-2H3. The second-order valence-corrected chi connectivity index (χ2v) is 4.82. The van der Waals surface area contributed by atoms with E-state index in [1.54, 1.807) is 6.07 Å². The zero-order chi connectivity index (χ0) is 13.8. The van der Waals surface area contributed by atoms with E-state index in [9.17, 15) is 4.39 Å². The average molecular weight is 268 g/mol. The molecule has 1 aromatic carbocycles. The van der Waals surface area contributed by atoms with E-state index in [4.69, 9.17) is 15.2 Å². The Labute approximate surface area is 113 Å². The van der Waals surface area contributed by atoms with Gasteiger partial charge < -0.3 is 20.1 Å². The molecule has 1 heterocycles. The Morgan fingerprint density at radius 2 is 2.32 bits per heavy atom. The Balaban J connectivity index is 2.22. The summed E-state index contributed by atoms with van der Waals surface area (Å²) in [7, 11) is 1.95. The molecule has 0 spiro atoms.